The molecule has 2 unspecified atom stereocenters. The second kappa shape index (κ2) is 7.60. The number of hydrogen-bond acceptors (Lipinski definition) is 4. The van der Waals surface area contributed by atoms with Gasteiger partial charge in [0.05, 0.1) is 7.11 Å². The van der Waals surface area contributed by atoms with E-state index < -0.39 is 6.09 Å². The van der Waals surface area contributed by atoms with Crippen molar-refractivity contribution in [3.05, 3.63) is 65.2 Å². The quantitative estimate of drug-likeness (QED) is 0.808. The fraction of sp³-hybridized carbons (Fsp3) is 0.333. The predicted molar refractivity (Wildman–Crippen MR) is 98.1 cm³/mol. The molecule has 1 heterocycles. The highest BCUT2D eigenvalue weighted by Gasteiger charge is 2.39. The molecule has 0 N–H and O–H groups in total. The first-order chi connectivity index (χ1) is 12.5. The van der Waals surface area contributed by atoms with Crippen LogP contribution in [0.5, 0.6) is 5.75 Å². The summed E-state index contributed by atoms with van der Waals surface area (Å²) >= 11 is 0. The highest BCUT2D eigenvalue weighted by molar-refractivity contribution is 5.94. The molecule has 5 heteroatoms. The number of carbonyl (C=O) groups excluding carboxylic acids is 2. The number of amides is 2. The molecule has 0 radical (unpaired) electrons. The Morgan fingerprint density at radius 1 is 1.27 bits per heavy atom. The zero-order chi connectivity index (χ0) is 18.7. The lowest BCUT2D eigenvalue weighted by molar-refractivity contribution is -0.129. The van der Waals surface area contributed by atoms with Gasteiger partial charge in [0.1, 0.15) is 18.4 Å². The van der Waals surface area contributed by atoms with Crippen LogP contribution in [0.4, 0.5) is 4.79 Å². The number of hydrogen-bond donors (Lipinski definition) is 0. The minimum atomic E-state index is -0.567. The molecular weight excluding hydrogens is 330 g/mol. The number of benzene rings is 2. The van der Waals surface area contributed by atoms with Gasteiger partial charge in [0.15, 0.2) is 0 Å². The molecular formula is C21H23NO4. The summed E-state index contributed by atoms with van der Waals surface area (Å²) in [6.45, 7) is 4.19. The molecule has 2 amide bonds. The van der Waals surface area contributed by atoms with Crippen molar-refractivity contribution in [3.8, 4) is 5.75 Å². The normalized spacial score (nSPS) is 17.7. The van der Waals surface area contributed by atoms with Gasteiger partial charge >= 0.3 is 6.09 Å². The molecule has 2 atom stereocenters. The van der Waals surface area contributed by atoms with Crippen LogP contribution in [0.25, 0.3) is 0 Å². The second-order valence-corrected chi connectivity index (χ2v) is 6.59. The van der Waals surface area contributed by atoms with Gasteiger partial charge in [-0.15, -0.1) is 0 Å². The average Bonchev–Trinajstić information content (AvgIpc) is 3.03. The molecule has 0 aromatic heterocycles. The van der Waals surface area contributed by atoms with E-state index in [4.69, 9.17) is 9.47 Å². The summed E-state index contributed by atoms with van der Waals surface area (Å²) in [7, 11) is 1.63. The summed E-state index contributed by atoms with van der Waals surface area (Å²) < 4.78 is 10.4. The molecule has 3 rings (SSSR count). The molecule has 0 saturated carbocycles. The lowest BCUT2D eigenvalue weighted by Gasteiger charge is -2.22. The van der Waals surface area contributed by atoms with Crippen LogP contribution < -0.4 is 4.74 Å². The van der Waals surface area contributed by atoms with Crippen LogP contribution in [0.15, 0.2) is 48.5 Å². The lowest BCUT2D eigenvalue weighted by Crippen LogP contribution is -2.34. The number of carbonyl (C=O) groups is 2. The van der Waals surface area contributed by atoms with E-state index in [0.29, 0.717) is 0 Å². The molecule has 0 bridgehead atoms. The molecule has 1 aliphatic heterocycles. The standard InChI is InChI=1S/C21H23NO4/c1-14-11-17(25-3)9-10-18(14)15(2)12-20(23)22-19(13-26-21(22)24)16-7-5-4-6-8-16/h4-11,15,19H,12-13H2,1-3H3. The number of nitrogens with zero attached hydrogens (tertiary/aromatic N) is 1. The first-order valence-corrected chi connectivity index (χ1v) is 8.69. The van der Waals surface area contributed by atoms with Gasteiger partial charge in [-0.3, -0.25) is 4.79 Å². The van der Waals surface area contributed by atoms with Gasteiger partial charge in [-0.1, -0.05) is 43.3 Å². The number of aryl methyl sites for hydroxylation is 1. The Hall–Kier alpha value is -2.82. The van der Waals surface area contributed by atoms with Crippen molar-refractivity contribution in [3.63, 3.8) is 0 Å². The van der Waals surface area contributed by atoms with Crippen molar-refractivity contribution in [1.82, 2.24) is 4.90 Å². The van der Waals surface area contributed by atoms with Crippen LogP contribution in [-0.2, 0) is 9.53 Å². The van der Waals surface area contributed by atoms with Crippen LogP contribution >= 0.6 is 0 Å². The van der Waals surface area contributed by atoms with Gasteiger partial charge < -0.3 is 9.47 Å². The van der Waals surface area contributed by atoms with Gasteiger partial charge in [0, 0.05) is 6.42 Å². The van der Waals surface area contributed by atoms with Gasteiger partial charge in [0.2, 0.25) is 5.91 Å². The maximum Gasteiger partial charge on any atom is 0.417 e. The van der Waals surface area contributed by atoms with E-state index in [0.717, 1.165) is 22.4 Å². The van der Waals surface area contributed by atoms with Crippen molar-refractivity contribution in [2.45, 2.75) is 32.2 Å². The third-order valence-electron chi connectivity index (χ3n) is 4.81. The molecule has 1 aliphatic rings. The van der Waals surface area contributed by atoms with Gasteiger partial charge in [-0.25, -0.2) is 9.69 Å². The van der Waals surface area contributed by atoms with Crippen molar-refractivity contribution < 1.29 is 19.1 Å². The highest BCUT2D eigenvalue weighted by atomic mass is 16.6. The van der Waals surface area contributed by atoms with Gasteiger partial charge in [-0.2, -0.15) is 0 Å². The minimum Gasteiger partial charge on any atom is -0.497 e. The second-order valence-electron chi connectivity index (χ2n) is 6.59. The van der Waals surface area contributed by atoms with Crippen LogP contribution in [0.2, 0.25) is 0 Å². The largest absolute Gasteiger partial charge is 0.497 e. The maximum absolute atomic E-state index is 12.9. The van der Waals surface area contributed by atoms with E-state index in [1.54, 1.807) is 7.11 Å². The lowest BCUT2D eigenvalue weighted by atomic mass is 9.92. The number of rotatable bonds is 5. The summed E-state index contributed by atoms with van der Waals surface area (Å²) in [5.74, 6) is 0.555. The van der Waals surface area contributed by atoms with Crippen molar-refractivity contribution >= 4 is 12.0 Å². The Morgan fingerprint density at radius 2 is 2.00 bits per heavy atom. The van der Waals surface area contributed by atoms with Crippen molar-refractivity contribution in [1.29, 1.82) is 0 Å². The van der Waals surface area contributed by atoms with Gasteiger partial charge in [0.25, 0.3) is 0 Å². The summed E-state index contributed by atoms with van der Waals surface area (Å²) in [5, 5.41) is 0. The average molecular weight is 353 g/mol. The first kappa shape index (κ1) is 18.0. The molecule has 26 heavy (non-hydrogen) atoms. The number of imide groups is 1. The number of methoxy groups -OCH3 is 1. The third kappa shape index (κ3) is 3.57. The van der Waals surface area contributed by atoms with E-state index in [-0.39, 0.29) is 30.9 Å². The van der Waals surface area contributed by atoms with Crippen LogP contribution in [-0.4, -0.2) is 30.6 Å². The smallest absolute Gasteiger partial charge is 0.417 e. The monoisotopic (exact) mass is 353 g/mol. The molecule has 0 spiro atoms. The van der Waals surface area contributed by atoms with E-state index in [1.165, 1.54) is 4.90 Å². The molecule has 1 saturated heterocycles. The van der Waals surface area contributed by atoms with E-state index in [2.05, 4.69) is 0 Å². The van der Waals surface area contributed by atoms with Crippen LogP contribution in [0.3, 0.4) is 0 Å². The number of ether oxygens (including phenoxy) is 2. The zero-order valence-corrected chi connectivity index (χ0v) is 15.3. The van der Waals surface area contributed by atoms with E-state index in [9.17, 15) is 9.59 Å². The Morgan fingerprint density at radius 3 is 2.65 bits per heavy atom. The van der Waals surface area contributed by atoms with E-state index >= 15 is 0 Å². The van der Waals surface area contributed by atoms with Gasteiger partial charge in [-0.05, 0) is 41.7 Å². The maximum atomic E-state index is 12.9. The topological polar surface area (TPSA) is 55.8 Å². The third-order valence-corrected chi connectivity index (χ3v) is 4.81. The van der Waals surface area contributed by atoms with Crippen LogP contribution in [0, 0.1) is 6.92 Å². The van der Waals surface area contributed by atoms with Crippen molar-refractivity contribution in [2.75, 3.05) is 13.7 Å². The number of cyclic esters (lactones) is 1. The predicted octanol–water partition coefficient (Wildman–Crippen LogP) is 4.22. The Labute approximate surface area is 153 Å². The zero-order valence-electron chi connectivity index (χ0n) is 15.3. The first-order valence-electron chi connectivity index (χ1n) is 8.69. The minimum absolute atomic E-state index is 0.0155. The molecule has 0 aliphatic carbocycles. The molecule has 2 aromatic rings. The summed E-state index contributed by atoms with van der Waals surface area (Å²) in [6, 6.07) is 15.0. The Balaban J connectivity index is 1.76. The summed E-state index contributed by atoms with van der Waals surface area (Å²) in [4.78, 5) is 26.2. The highest BCUT2D eigenvalue weighted by Crippen LogP contribution is 2.31. The summed E-state index contributed by atoms with van der Waals surface area (Å²) in [6.07, 6.45) is -0.325. The molecule has 5 nitrogen and oxygen atoms in total. The SMILES string of the molecule is COc1ccc(C(C)CC(=O)N2C(=O)OCC2c2ccccc2)c(C)c1. The van der Waals surface area contributed by atoms with Crippen molar-refractivity contribution in [2.24, 2.45) is 0 Å². The summed E-state index contributed by atoms with van der Waals surface area (Å²) in [5.41, 5.74) is 3.04. The molecule has 1 fully saturated rings. The van der Waals surface area contributed by atoms with E-state index in [1.807, 2.05) is 62.4 Å². The molecule has 2 aromatic carbocycles. The fourth-order valence-corrected chi connectivity index (χ4v) is 3.42. The van der Waals surface area contributed by atoms with Crippen LogP contribution in [0.1, 0.15) is 42.0 Å². The molecule has 136 valence electrons. The Bertz CT molecular complexity index is 803. The fourth-order valence-electron chi connectivity index (χ4n) is 3.42. The Kier molecular flexibility index (Phi) is 5.26.